The summed E-state index contributed by atoms with van der Waals surface area (Å²) < 4.78 is 0. The van der Waals surface area contributed by atoms with Crippen molar-refractivity contribution in [1.29, 1.82) is 0 Å². The van der Waals surface area contributed by atoms with E-state index in [0.29, 0.717) is 0 Å². The zero-order valence-corrected chi connectivity index (χ0v) is 36.3. The molecule has 0 spiro atoms. The third kappa shape index (κ3) is 7.94. The second kappa shape index (κ2) is 15.8. The van der Waals surface area contributed by atoms with Crippen molar-refractivity contribution in [1.82, 2.24) is 0 Å². The number of halogens is 2. The summed E-state index contributed by atoms with van der Waals surface area (Å²) in [7, 11) is 0. The molecule has 0 aliphatic heterocycles. The first kappa shape index (κ1) is 41.8. The van der Waals surface area contributed by atoms with E-state index in [2.05, 4.69) is 184 Å². The average molecular weight is 803 g/mol. The molecule has 0 saturated carbocycles. The van der Waals surface area contributed by atoms with Crippen molar-refractivity contribution in [2.75, 3.05) is 0 Å². The quantitative estimate of drug-likeness (QED) is 0.172. The van der Waals surface area contributed by atoms with E-state index in [1.54, 1.807) is 0 Å². The molecule has 3 heteroatoms. The molecule has 0 bridgehead atoms. The number of hydrogen-bond donors (Lipinski definition) is 0. The van der Waals surface area contributed by atoms with Gasteiger partial charge in [-0.3, -0.25) is 0 Å². The zero-order valence-electron chi connectivity index (χ0n) is 32.3. The van der Waals surface area contributed by atoms with Gasteiger partial charge in [0, 0.05) is 5.92 Å². The van der Waals surface area contributed by atoms with Crippen molar-refractivity contribution in [3.8, 4) is 33.4 Å². The molecule has 0 radical (unpaired) electrons. The normalized spacial score (nSPS) is 13.6. The van der Waals surface area contributed by atoms with Gasteiger partial charge < -0.3 is 24.8 Å². The molecular formula is C49H52Cl2Zr. The monoisotopic (exact) mass is 800 g/mol. The summed E-state index contributed by atoms with van der Waals surface area (Å²) in [5.41, 5.74) is 19.9. The zero-order chi connectivity index (χ0) is 34.7. The van der Waals surface area contributed by atoms with Gasteiger partial charge in [-0.2, -0.15) is 0 Å². The summed E-state index contributed by atoms with van der Waals surface area (Å²) in [5.74, 6) is 0.239. The van der Waals surface area contributed by atoms with Crippen LogP contribution in [0.5, 0.6) is 0 Å². The number of rotatable bonds is 5. The average Bonchev–Trinajstić information content (AvgIpc) is 3.72. The van der Waals surface area contributed by atoms with E-state index in [-0.39, 0.29) is 73.2 Å². The first-order chi connectivity index (χ1) is 23.2. The molecule has 0 N–H and O–H groups in total. The Labute approximate surface area is 345 Å². The van der Waals surface area contributed by atoms with Crippen molar-refractivity contribution in [3.63, 3.8) is 0 Å². The Kier molecular flexibility index (Phi) is 12.7. The summed E-state index contributed by atoms with van der Waals surface area (Å²) >= 11 is 0. The van der Waals surface area contributed by atoms with Gasteiger partial charge in [-0.15, -0.1) is 0 Å². The predicted molar refractivity (Wildman–Crippen MR) is 212 cm³/mol. The largest absolute Gasteiger partial charge is 2.00 e. The van der Waals surface area contributed by atoms with E-state index in [9.17, 15) is 0 Å². The van der Waals surface area contributed by atoms with Gasteiger partial charge in [0.05, 0.1) is 0 Å². The smallest absolute Gasteiger partial charge is 1.00 e. The van der Waals surface area contributed by atoms with Gasteiger partial charge in [-0.05, 0) is 119 Å². The molecule has 2 aliphatic rings. The second-order valence-electron chi connectivity index (χ2n) is 17.4. The van der Waals surface area contributed by atoms with Gasteiger partial charge in [0.2, 0.25) is 0 Å². The molecule has 266 valence electrons. The van der Waals surface area contributed by atoms with Crippen LogP contribution in [-0.4, -0.2) is 0 Å². The molecule has 5 aromatic rings. The van der Waals surface area contributed by atoms with Crippen molar-refractivity contribution in [2.45, 2.75) is 97.3 Å². The predicted octanol–water partition coefficient (Wildman–Crippen LogP) is 7.29. The molecule has 0 amide bonds. The van der Waals surface area contributed by atoms with Crippen molar-refractivity contribution < 1.29 is 51.0 Å². The summed E-state index contributed by atoms with van der Waals surface area (Å²) in [6.07, 6.45) is 11.2. The molecule has 0 aromatic heterocycles. The number of fused-ring (bicyclic) bond motifs is 3. The van der Waals surface area contributed by atoms with E-state index < -0.39 is 0 Å². The SMILES string of the molecule is CC(C)(C)c1ccc(Cc2c3c(c(C4C=CC=C4)c(C(C)(C)C)c2-c2ccccc2)-c2cc(C(C)(C)C)c(-c4ccccc4)cc2C3)cc1.[Cl-].[Cl-].[Zr+2]. The molecule has 52 heavy (non-hydrogen) atoms. The van der Waals surface area contributed by atoms with Gasteiger partial charge in [0.1, 0.15) is 0 Å². The second-order valence-corrected chi connectivity index (χ2v) is 17.4. The fourth-order valence-corrected chi connectivity index (χ4v) is 8.25. The molecule has 5 aromatic carbocycles. The molecule has 0 unspecified atom stereocenters. The van der Waals surface area contributed by atoms with E-state index in [4.69, 9.17) is 0 Å². The summed E-state index contributed by atoms with van der Waals surface area (Å²) in [4.78, 5) is 0. The summed E-state index contributed by atoms with van der Waals surface area (Å²) in [6.45, 7) is 21.3. The molecule has 0 nitrogen and oxygen atoms in total. The minimum Gasteiger partial charge on any atom is -1.00 e. The van der Waals surface area contributed by atoms with Crippen LogP contribution in [-0.2, 0) is 55.3 Å². The van der Waals surface area contributed by atoms with Crippen LogP contribution in [0.1, 0.15) is 113 Å². The summed E-state index contributed by atoms with van der Waals surface area (Å²) in [5, 5.41) is 0. The van der Waals surface area contributed by atoms with Gasteiger partial charge in [-0.1, -0.05) is 172 Å². The van der Waals surface area contributed by atoms with Gasteiger partial charge >= 0.3 is 26.2 Å². The Hall–Kier alpha value is -2.96. The van der Waals surface area contributed by atoms with Crippen LogP contribution >= 0.6 is 0 Å². The standard InChI is InChI=1S/C49H52.2ClH.Zr/c1-47(2,3)37-26-24-32(25-27-37)28-40-41-30-36-29-38(33-18-12-10-13-19-33)42(48(4,5)6)31-39(36)45(41)44(35-22-16-17-23-35)46(49(7,8)9)43(40)34-20-14-11-15-21-34;;;/h10-27,29,31,35H,28,30H2,1-9H3;2*1H;/q;;;+2/p-2. The van der Waals surface area contributed by atoms with Crippen molar-refractivity contribution in [2.24, 2.45) is 0 Å². The third-order valence-electron chi connectivity index (χ3n) is 10.6. The Bertz CT molecular complexity index is 2070. The van der Waals surface area contributed by atoms with Crippen LogP contribution in [0.25, 0.3) is 33.4 Å². The van der Waals surface area contributed by atoms with E-state index in [1.807, 2.05) is 0 Å². The minimum atomic E-state index is -0.0791. The fraction of sp³-hybridized carbons (Fsp3) is 0.306. The maximum absolute atomic E-state index is 2.58. The molecule has 0 heterocycles. The molecule has 7 rings (SSSR count). The Morgan fingerprint density at radius 2 is 1.13 bits per heavy atom. The van der Waals surface area contributed by atoms with Crippen LogP contribution < -0.4 is 24.8 Å². The number of benzene rings is 5. The van der Waals surface area contributed by atoms with Crippen LogP contribution in [0.3, 0.4) is 0 Å². The first-order valence-corrected chi connectivity index (χ1v) is 18.2. The maximum Gasteiger partial charge on any atom is 2.00 e. The molecule has 2 aliphatic carbocycles. The number of hydrogen-bond acceptors (Lipinski definition) is 0. The van der Waals surface area contributed by atoms with E-state index in [1.165, 1.54) is 77.9 Å². The van der Waals surface area contributed by atoms with Crippen LogP contribution in [0, 0.1) is 0 Å². The molecule has 0 atom stereocenters. The van der Waals surface area contributed by atoms with E-state index in [0.717, 1.165) is 12.8 Å². The molecule has 0 saturated heterocycles. The van der Waals surface area contributed by atoms with Gasteiger partial charge in [0.15, 0.2) is 0 Å². The van der Waals surface area contributed by atoms with Gasteiger partial charge in [0.25, 0.3) is 0 Å². The third-order valence-corrected chi connectivity index (χ3v) is 10.6. The topological polar surface area (TPSA) is 0 Å². The molecular weight excluding hydrogens is 751 g/mol. The maximum atomic E-state index is 2.58. The Balaban J connectivity index is 0.00000202. The van der Waals surface area contributed by atoms with E-state index >= 15 is 0 Å². The van der Waals surface area contributed by atoms with Crippen LogP contribution in [0.15, 0.2) is 121 Å². The fourth-order valence-electron chi connectivity index (χ4n) is 8.25. The van der Waals surface area contributed by atoms with Crippen molar-refractivity contribution in [3.05, 3.63) is 166 Å². The molecule has 0 fully saturated rings. The minimum absolute atomic E-state index is 0. The van der Waals surface area contributed by atoms with Gasteiger partial charge in [-0.25, -0.2) is 0 Å². The Morgan fingerprint density at radius 3 is 1.65 bits per heavy atom. The van der Waals surface area contributed by atoms with Crippen LogP contribution in [0.4, 0.5) is 0 Å². The number of allylic oxidation sites excluding steroid dienone is 4. The Morgan fingerprint density at radius 1 is 0.577 bits per heavy atom. The first-order valence-electron chi connectivity index (χ1n) is 18.2. The summed E-state index contributed by atoms with van der Waals surface area (Å²) in [6, 6.07) is 36.8. The van der Waals surface area contributed by atoms with Crippen molar-refractivity contribution >= 4 is 0 Å². The van der Waals surface area contributed by atoms with Crippen LogP contribution in [0.2, 0.25) is 0 Å².